The van der Waals surface area contributed by atoms with Gasteiger partial charge in [-0.1, -0.05) is 30.6 Å². The molecule has 17 nitrogen and oxygen atoms in total. The molecule has 3 amide bonds. The fourth-order valence-corrected chi connectivity index (χ4v) is 7.56. The van der Waals surface area contributed by atoms with Gasteiger partial charge in [-0.05, 0) is 18.4 Å². The third kappa shape index (κ3) is 12.1. The number of nitrogens with one attached hydrogen (secondary N) is 2. The maximum absolute atomic E-state index is 13.2. The molecule has 2 saturated heterocycles. The van der Waals surface area contributed by atoms with Crippen LogP contribution in [0.2, 0.25) is 5.02 Å². The topological polar surface area (TPSA) is 246 Å². The number of oxime groups is 1. The number of thiol groups is 1. The number of thioether (sulfide) groups is 1. The molecule has 0 aliphatic carbocycles. The molecular weight excluding hydrogens is 797 g/mol. The van der Waals surface area contributed by atoms with Gasteiger partial charge in [0.2, 0.25) is 0 Å². The number of rotatable bonds is 10. The van der Waals surface area contributed by atoms with E-state index in [9.17, 15) is 29.1 Å². The van der Waals surface area contributed by atoms with Crippen molar-refractivity contribution in [3.8, 4) is 11.5 Å². The van der Waals surface area contributed by atoms with E-state index in [0.29, 0.717) is 12.3 Å². The van der Waals surface area contributed by atoms with Crippen LogP contribution in [0.1, 0.15) is 42.7 Å². The Bertz CT molecular complexity index is 1720. The van der Waals surface area contributed by atoms with Gasteiger partial charge in [0.15, 0.2) is 28.9 Å². The molecule has 54 heavy (non-hydrogen) atoms. The Morgan fingerprint density at radius 1 is 1.20 bits per heavy atom. The van der Waals surface area contributed by atoms with Crippen LogP contribution in [0.15, 0.2) is 33.9 Å². The van der Waals surface area contributed by atoms with Crippen molar-refractivity contribution in [2.75, 3.05) is 65.2 Å². The number of esters is 1. The van der Waals surface area contributed by atoms with Gasteiger partial charge in [-0.25, -0.2) is 9.78 Å². The average molecular weight is 841 g/mol. The Balaban J connectivity index is 0.000000681. The number of nitrogens with two attached hydrogens (primary N) is 1. The number of carboxylic acid groups (broad SMARTS) is 1. The van der Waals surface area contributed by atoms with Crippen molar-refractivity contribution in [2.45, 2.75) is 38.1 Å². The summed E-state index contributed by atoms with van der Waals surface area (Å²) >= 11 is 11.6. The third-order valence-electron chi connectivity index (χ3n) is 7.82. The number of nitrogen functional groups attached to an aromatic ring is 1. The van der Waals surface area contributed by atoms with Crippen LogP contribution in [-0.4, -0.2) is 131 Å². The van der Waals surface area contributed by atoms with Crippen LogP contribution in [0.5, 0.6) is 11.5 Å². The third-order valence-corrected chi connectivity index (χ3v) is 10.2. The number of nitrogens with zero attached hydrogens (tertiary/aromatic N) is 4. The number of β-lactam (4-membered cyclic amide) rings is 1. The second-order valence-electron chi connectivity index (χ2n) is 11.3. The number of aromatic hydroxyl groups is 2. The number of benzene rings is 1. The molecule has 0 unspecified atom stereocenters. The minimum atomic E-state index is -1.53. The first kappa shape index (κ1) is 48.8. The van der Waals surface area contributed by atoms with Crippen LogP contribution in [0, 0.1) is 0 Å². The van der Waals surface area contributed by atoms with Gasteiger partial charge in [0.1, 0.15) is 29.4 Å². The number of phenols is 2. The molecule has 3 aliphatic heterocycles. The Kier molecular flexibility index (Phi) is 20.8. The van der Waals surface area contributed by atoms with Crippen molar-refractivity contribution in [1.82, 2.24) is 20.5 Å². The fraction of sp³-hybridized carbons (Fsp3) is 0.469. The number of amides is 3. The summed E-state index contributed by atoms with van der Waals surface area (Å²) in [4.78, 5) is 70.7. The van der Waals surface area contributed by atoms with E-state index in [-0.39, 0.29) is 68.1 Å². The van der Waals surface area contributed by atoms with E-state index in [2.05, 4.69) is 45.3 Å². The zero-order chi connectivity index (χ0) is 40.0. The second kappa shape index (κ2) is 23.0. The number of thiazole rings is 1. The molecule has 22 heteroatoms. The molecular formula is C32H44ClN7NaO10S3+. The van der Waals surface area contributed by atoms with Gasteiger partial charge < -0.3 is 50.5 Å². The number of likely N-dealkylation sites (N-methyl/N-ethyl adjacent to an activating group) is 1. The summed E-state index contributed by atoms with van der Waals surface area (Å²) < 4.78 is 5.79. The van der Waals surface area contributed by atoms with E-state index in [0.717, 1.165) is 47.3 Å². The number of anilines is 1. The van der Waals surface area contributed by atoms with E-state index in [4.69, 9.17) is 32.3 Å². The maximum Gasteiger partial charge on any atom is 1.00 e. The number of likely N-dealkylation sites (tertiary alicyclic amines) is 1. The average Bonchev–Trinajstić information content (AvgIpc) is 3.79. The number of halogens is 1. The van der Waals surface area contributed by atoms with Crippen LogP contribution in [0.25, 0.3) is 0 Å². The molecule has 1 aromatic heterocycles. The Morgan fingerprint density at radius 3 is 2.37 bits per heavy atom. The van der Waals surface area contributed by atoms with Crippen molar-refractivity contribution < 1.29 is 82.9 Å². The molecule has 2 fully saturated rings. The van der Waals surface area contributed by atoms with E-state index in [1.54, 1.807) is 6.26 Å². The summed E-state index contributed by atoms with van der Waals surface area (Å²) in [7, 11) is 4.86. The van der Waals surface area contributed by atoms with Crippen molar-refractivity contribution in [3.05, 3.63) is 45.1 Å². The van der Waals surface area contributed by atoms with E-state index in [1.165, 1.54) is 48.3 Å². The summed E-state index contributed by atoms with van der Waals surface area (Å²) in [5.74, 6) is -4.12. The molecule has 292 valence electrons. The number of aromatic nitrogens is 1. The Hall–Kier alpha value is -3.24. The first-order valence-corrected chi connectivity index (χ1v) is 19.3. The number of ether oxygens (including phenoxy) is 1. The van der Waals surface area contributed by atoms with Gasteiger partial charge in [-0.15, -0.1) is 23.1 Å². The molecule has 5 rings (SSSR count). The van der Waals surface area contributed by atoms with E-state index in [1.807, 2.05) is 13.8 Å². The quantitative estimate of drug-likeness (QED) is 0.0221. The molecule has 2 aromatic rings. The zero-order valence-corrected chi connectivity index (χ0v) is 36.3. The number of phenolic OH excluding ortho intramolecular Hbond substituents is 2. The first-order chi connectivity index (χ1) is 25.2. The van der Waals surface area contributed by atoms with Gasteiger partial charge in [0.25, 0.3) is 17.7 Å². The molecule has 6 N–H and O–H groups in total. The number of aliphatic carboxylic acids is 1. The standard InChI is InChI=1S/C21H26N6O7S2.C8H8ClNO3.C2H6.CH4S.Na/c1-27(5-3-4-6-27)7-11-9-35-19-15(18(31)26(19)16(11)20(32)33-2)24-17(30)14(25-34-8-13(28)29)12-10-36-21(22)23-12;1-10-8(13)4-2-3-5(11)7(12)6(4)9;2*1-2;/h10,15,19H,3-9H2,1-2H3,(H3-,22,23,24,28,29,30);2-3,11-12H,1H3,(H,10,13);1-2H3;2H,1H3;/q;;;;+1/b25-14-;;;;/t15-,19-;;;;/m1..../s1. The number of hydrogen-bond acceptors (Lipinski definition) is 16. The summed E-state index contributed by atoms with van der Waals surface area (Å²) in [6.07, 6.45) is 3.93. The molecule has 0 spiro atoms. The number of hydrogen-bond donors (Lipinski definition) is 6. The minimum absolute atomic E-state index is 0. The van der Waals surface area contributed by atoms with Crippen LogP contribution in [0.4, 0.5) is 5.13 Å². The van der Waals surface area contributed by atoms with E-state index < -0.39 is 53.4 Å². The second-order valence-corrected chi connectivity index (χ2v) is 13.6. The molecule has 2 atom stereocenters. The molecule has 0 saturated carbocycles. The van der Waals surface area contributed by atoms with Crippen LogP contribution in [0.3, 0.4) is 0 Å². The minimum Gasteiger partial charge on any atom is -0.546 e. The summed E-state index contributed by atoms with van der Waals surface area (Å²) in [5, 5.41) is 38.3. The SMILES string of the molecule is CC.CNC(=O)c1ccc(O)c(O)c1Cl.COC(=O)C1=C(C[N+]2(C)CCCC2)CS[C@@H]2[C@H](NC(=O)/C(=N\OCC(=O)[O-])c3csc(N)n3)C(=O)N12.CS.[Na+]. The molecule has 4 heterocycles. The maximum atomic E-state index is 13.2. The van der Waals surface area contributed by atoms with Gasteiger partial charge in [-0.3, -0.25) is 19.3 Å². The van der Waals surface area contributed by atoms with Crippen LogP contribution in [-0.2, 0) is 28.8 Å². The predicted octanol–water partition coefficient (Wildman–Crippen LogP) is -2.05. The zero-order valence-electron chi connectivity index (χ0n) is 31.0. The monoisotopic (exact) mass is 840 g/mol. The normalized spacial score (nSPS) is 18.0. The van der Waals surface area contributed by atoms with Crippen molar-refractivity contribution in [3.63, 3.8) is 0 Å². The number of carbonyl (C=O) groups excluding carboxylic acids is 5. The number of fused-ring (bicyclic) bond motifs is 1. The molecule has 0 bridgehead atoms. The summed E-state index contributed by atoms with van der Waals surface area (Å²) in [5.41, 5.74) is 6.57. The number of carboxylic acids is 1. The molecule has 3 aliphatic rings. The number of carbonyl (C=O) groups is 5. The van der Waals surface area contributed by atoms with Crippen LogP contribution < -0.4 is 51.0 Å². The van der Waals surface area contributed by atoms with Gasteiger partial charge in [-0.2, -0.15) is 12.6 Å². The van der Waals surface area contributed by atoms with Crippen molar-refractivity contribution in [1.29, 1.82) is 0 Å². The largest absolute Gasteiger partial charge is 1.00 e. The van der Waals surface area contributed by atoms with Crippen LogP contribution >= 0.6 is 47.3 Å². The van der Waals surface area contributed by atoms with Crippen molar-refractivity contribution >= 4 is 87.8 Å². The number of quaternary nitrogens is 1. The number of methoxy groups -OCH3 is 1. The molecule has 0 radical (unpaired) electrons. The smallest absolute Gasteiger partial charge is 0.546 e. The van der Waals surface area contributed by atoms with Crippen molar-refractivity contribution in [2.24, 2.45) is 5.16 Å². The first-order valence-electron chi connectivity index (χ1n) is 16.1. The predicted molar refractivity (Wildman–Crippen MR) is 203 cm³/mol. The summed E-state index contributed by atoms with van der Waals surface area (Å²) in [6.45, 7) is 5.77. The van der Waals surface area contributed by atoms with Gasteiger partial charge >= 0.3 is 35.5 Å². The fourth-order valence-electron chi connectivity index (χ4n) is 5.43. The summed E-state index contributed by atoms with van der Waals surface area (Å²) in [6, 6.07) is 1.59. The Labute approximate surface area is 353 Å². The van der Waals surface area contributed by atoms with Gasteiger partial charge in [0, 0.05) is 36.6 Å². The van der Waals surface area contributed by atoms with Gasteiger partial charge in [0.05, 0.1) is 43.8 Å². The Morgan fingerprint density at radius 2 is 1.83 bits per heavy atom. The van der Waals surface area contributed by atoms with E-state index >= 15 is 0 Å². The molecule has 1 aromatic carbocycles.